The zero-order valence-electron chi connectivity index (χ0n) is 23.6. The van der Waals surface area contributed by atoms with Gasteiger partial charge in [-0.3, -0.25) is 14.6 Å². The highest BCUT2D eigenvalue weighted by Gasteiger charge is 2.28. The van der Waals surface area contributed by atoms with Gasteiger partial charge >= 0.3 is 0 Å². The fourth-order valence-corrected chi connectivity index (χ4v) is 5.89. The fourth-order valence-electron chi connectivity index (χ4n) is 5.89. The molecule has 10 nitrogen and oxygen atoms in total. The van der Waals surface area contributed by atoms with Crippen LogP contribution >= 0.6 is 0 Å². The van der Waals surface area contributed by atoms with E-state index in [2.05, 4.69) is 67.6 Å². The number of rotatable bonds is 8. The monoisotopic (exact) mass is 544 g/mol. The van der Waals surface area contributed by atoms with E-state index in [0.717, 1.165) is 79.8 Å². The minimum atomic E-state index is -0.699. The number of aromatic nitrogens is 3. The van der Waals surface area contributed by atoms with E-state index in [9.17, 15) is 5.11 Å². The number of benzene rings is 1. The summed E-state index contributed by atoms with van der Waals surface area (Å²) in [5, 5.41) is 28.6. The van der Waals surface area contributed by atoms with Crippen LogP contribution in [0.15, 0.2) is 53.8 Å². The Labute approximate surface area is 235 Å². The van der Waals surface area contributed by atoms with Crippen molar-refractivity contribution in [3.05, 3.63) is 54.2 Å². The van der Waals surface area contributed by atoms with Crippen molar-refractivity contribution in [2.45, 2.75) is 63.6 Å². The number of anilines is 1. The largest absolute Gasteiger partial charge is 0.473 e. The Kier molecular flexibility index (Phi) is 7.73. The zero-order valence-corrected chi connectivity index (χ0v) is 23.6. The second-order valence-corrected chi connectivity index (χ2v) is 11.1. The van der Waals surface area contributed by atoms with Gasteiger partial charge in [0.05, 0.1) is 11.6 Å². The molecule has 6 rings (SSSR count). The van der Waals surface area contributed by atoms with Gasteiger partial charge in [-0.2, -0.15) is 5.10 Å². The number of nitrogens with one attached hydrogen (secondary N) is 2. The SMILES string of the molecule is CCNc1cc2c(cn1)c(-c1ccc(CN3CC(NC)C3)cc1)nn2[C@H]1CC[C@@H](OC2=NN(C)C(O)C=C2)CC1. The number of pyridine rings is 1. The molecule has 3 aromatic rings. The highest BCUT2D eigenvalue weighted by atomic mass is 16.5. The topological polar surface area (TPSA) is 103 Å². The van der Waals surface area contributed by atoms with Gasteiger partial charge in [0.25, 0.3) is 0 Å². The van der Waals surface area contributed by atoms with Gasteiger partial charge in [0.1, 0.15) is 17.6 Å². The third-order valence-electron chi connectivity index (χ3n) is 8.28. The lowest BCUT2D eigenvalue weighted by Gasteiger charge is -2.39. The molecule has 3 aliphatic rings. The predicted molar refractivity (Wildman–Crippen MR) is 158 cm³/mol. The molecule has 10 heteroatoms. The first-order chi connectivity index (χ1) is 19.5. The van der Waals surface area contributed by atoms with E-state index in [1.807, 2.05) is 13.2 Å². The number of hydrogen-bond donors (Lipinski definition) is 3. The molecule has 1 aliphatic carbocycles. The molecule has 0 amide bonds. The van der Waals surface area contributed by atoms with E-state index >= 15 is 0 Å². The quantitative estimate of drug-likeness (QED) is 0.396. The van der Waals surface area contributed by atoms with Crippen LogP contribution in [0.25, 0.3) is 22.2 Å². The number of aliphatic hydroxyl groups excluding tert-OH is 1. The maximum absolute atomic E-state index is 9.82. The van der Waals surface area contributed by atoms with Gasteiger partial charge in [-0.05, 0) is 51.3 Å². The molecular formula is C30H40N8O2. The Hall–Kier alpha value is -3.47. The molecule has 212 valence electrons. The number of hydrogen-bond acceptors (Lipinski definition) is 9. The second-order valence-electron chi connectivity index (χ2n) is 11.1. The molecule has 4 heterocycles. The molecule has 2 aromatic heterocycles. The minimum Gasteiger partial charge on any atom is -0.473 e. The molecule has 40 heavy (non-hydrogen) atoms. The van der Waals surface area contributed by atoms with Crippen molar-refractivity contribution in [3.63, 3.8) is 0 Å². The van der Waals surface area contributed by atoms with Gasteiger partial charge < -0.3 is 20.5 Å². The summed E-state index contributed by atoms with van der Waals surface area (Å²) in [6.45, 7) is 6.09. The van der Waals surface area contributed by atoms with E-state index in [4.69, 9.17) is 9.84 Å². The van der Waals surface area contributed by atoms with Gasteiger partial charge in [0.2, 0.25) is 5.90 Å². The Morgan fingerprint density at radius 3 is 2.58 bits per heavy atom. The van der Waals surface area contributed by atoms with Crippen molar-refractivity contribution >= 4 is 22.6 Å². The van der Waals surface area contributed by atoms with Crippen molar-refractivity contribution in [3.8, 4) is 11.3 Å². The average molecular weight is 545 g/mol. The highest BCUT2D eigenvalue weighted by Crippen LogP contribution is 2.36. The van der Waals surface area contributed by atoms with Crippen LogP contribution in [0.2, 0.25) is 0 Å². The van der Waals surface area contributed by atoms with Gasteiger partial charge in [-0.25, -0.2) is 4.98 Å². The van der Waals surface area contributed by atoms with Gasteiger partial charge in [0.15, 0.2) is 6.23 Å². The van der Waals surface area contributed by atoms with E-state index in [1.165, 1.54) is 10.6 Å². The van der Waals surface area contributed by atoms with Crippen LogP contribution in [-0.4, -0.2) is 87.8 Å². The van der Waals surface area contributed by atoms with Crippen LogP contribution < -0.4 is 10.6 Å². The molecule has 0 radical (unpaired) electrons. The summed E-state index contributed by atoms with van der Waals surface area (Å²) in [6.07, 6.45) is 8.60. The molecule has 1 saturated carbocycles. The highest BCUT2D eigenvalue weighted by molar-refractivity contribution is 5.94. The van der Waals surface area contributed by atoms with Crippen LogP contribution in [0.4, 0.5) is 5.82 Å². The van der Waals surface area contributed by atoms with E-state index in [1.54, 1.807) is 19.2 Å². The summed E-state index contributed by atoms with van der Waals surface area (Å²) < 4.78 is 8.38. The molecule has 1 saturated heterocycles. The zero-order chi connectivity index (χ0) is 27.6. The number of hydrazone groups is 1. The lowest BCUT2D eigenvalue weighted by atomic mass is 9.93. The Balaban J connectivity index is 1.20. The molecule has 1 unspecified atom stereocenters. The van der Waals surface area contributed by atoms with Crippen molar-refractivity contribution < 1.29 is 9.84 Å². The first-order valence-electron chi connectivity index (χ1n) is 14.5. The van der Waals surface area contributed by atoms with Crippen LogP contribution in [0.3, 0.4) is 0 Å². The first-order valence-corrected chi connectivity index (χ1v) is 14.5. The normalized spacial score (nSPS) is 23.8. The third kappa shape index (κ3) is 5.56. The molecule has 0 bridgehead atoms. The lowest BCUT2D eigenvalue weighted by Crippen LogP contribution is -2.56. The number of likely N-dealkylation sites (N-methyl/N-ethyl adjacent to an activating group) is 2. The molecular weight excluding hydrogens is 504 g/mol. The van der Waals surface area contributed by atoms with Gasteiger partial charge in [-0.15, -0.1) is 5.10 Å². The number of ether oxygens (including phenoxy) is 1. The number of likely N-dealkylation sites (tertiary alicyclic amines) is 1. The van der Waals surface area contributed by atoms with Gasteiger partial charge in [-0.1, -0.05) is 24.3 Å². The van der Waals surface area contributed by atoms with E-state index in [0.29, 0.717) is 11.9 Å². The Bertz CT molecular complexity index is 1370. The Morgan fingerprint density at radius 2 is 1.88 bits per heavy atom. The van der Waals surface area contributed by atoms with Crippen molar-refractivity contribution in [1.29, 1.82) is 0 Å². The number of fused-ring (bicyclic) bond motifs is 1. The molecule has 2 aliphatic heterocycles. The smallest absolute Gasteiger partial charge is 0.230 e. The summed E-state index contributed by atoms with van der Waals surface area (Å²) in [6, 6.07) is 11.9. The predicted octanol–water partition coefficient (Wildman–Crippen LogP) is 3.57. The standard InChI is InChI=1S/C30H40N8O2/c1-4-32-27-15-26-25(16-33-27)30(21-7-5-20(6-8-21)17-37-18-22(19-37)31-2)35-38(26)23-9-11-24(12-10-23)40-28-13-14-29(39)36(3)34-28/h5-8,13-16,22-24,29,31,39H,4,9-12,17-19H2,1-3H3,(H,32,33)/t23-,24+,29?. The number of aliphatic hydroxyl groups is 1. The fraction of sp³-hybridized carbons (Fsp3) is 0.500. The molecule has 0 spiro atoms. The lowest BCUT2D eigenvalue weighted by molar-refractivity contribution is 0.0532. The summed E-state index contributed by atoms with van der Waals surface area (Å²) in [7, 11) is 3.77. The molecule has 2 fully saturated rings. The van der Waals surface area contributed by atoms with Crippen molar-refractivity contribution in [1.82, 2.24) is 30.0 Å². The van der Waals surface area contributed by atoms with Crippen molar-refractivity contribution in [2.75, 3.05) is 39.0 Å². The summed E-state index contributed by atoms with van der Waals surface area (Å²) in [5.74, 6) is 1.43. The Morgan fingerprint density at radius 1 is 1.10 bits per heavy atom. The van der Waals surface area contributed by atoms with Crippen molar-refractivity contribution in [2.24, 2.45) is 5.10 Å². The third-order valence-corrected chi connectivity index (χ3v) is 8.28. The van der Waals surface area contributed by atoms with Crippen LogP contribution in [0.5, 0.6) is 0 Å². The second kappa shape index (κ2) is 11.6. The van der Waals surface area contributed by atoms with Crippen LogP contribution in [0.1, 0.15) is 44.2 Å². The summed E-state index contributed by atoms with van der Waals surface area (Å²) in [4.78, 5) is 7.15. The van der Waals surface area contributed by atoms with E-state index < -0.39 is 6.23 Å². The first kappa shape index (κ1) is 26.7. The average Bonchev–Trinajstić information content (AvgIpc) is 3.32. The molecule has 1 aromatic carbocycles. The van der Waals surface area contributed by atoms with Gasteiger partial charge in [0, 0.05) is 68.6 Å². The van der Waals surface area contributed by atoms with E-state index in [-0.39, 0.29) is 12.1 Å². The maximum atomic E-state index is 9.82. The maximum Gasteiger partial charge on any atom is 0.230 e. The number of nitrogens with zero attached hydrogens (tertiary/aromatic N) is 6. The van der Waals surface area contributed by atoms with Crippen LogP contribution in [-0.2, 0) is 11.3 Å². The summed E-state index contributed by atoms with van der Waals surface area (Å²) in [5.41, 5.74) is 4.54. The van der Waals surface area contributed by atoms with Crippen LogP contribution in [0, 0.1) is 0 Å². The molecule has 3 N–H and O–H groups in total. The summed E-state index contributed by atoms with van der Waals surface area (Å²) >= 11 is 0. The molecule has 1 atom stereocenters. The minimum absolute atomic E-state index is 0.103.